The van der Waals surface area contributed by atoms with Gasteiger partial charge in [-0.25, -0.2) is 0 Å². The van der Waals surface area contributed by atoms with Crippen LogP contribution in [0.3, 0.4) is 0 Å². The Balaban J connectivity index is 2.10. The topological polar surface area (TPSA) is 72.7 Å². The molecule has 32 heavy (non-hydrogen) atoms. The zero-order valence-electron chi connectivity index (χ0n) is 22.7. The number of nitrogens with one attached hydrogen (secondary N) is 1. The van der Waals surface area contributed by atoms with Gasteiger partial charge in [0, 0.05) is 4.11 Å². The van der Waals surface area contributed by atoms with Gasteiger partial charge < -0.3 is 24.3 Å². The maximum absolute atomic E-state index is 10.3. The van der Waals surface area contributed by atoms with E-state index in [2.05, 4.69) is 11.4 Å². The minimum absolute atomic E-state index is 0.391. The first-order valence-electron chi connectivity index (χ1n) is 12.2. The van der Waals surface area contributed by atoms with Crippen LogP contribution >= 0.6 is 0 Å². The molecule has 2 unspecified atom stereocenters. The first-order chi connectivity index (χ1) is 16.7. The van der Waals surface area contributed by atoms with Gasteiger partial charge in [0.15, 0.2) is 23.0 Å². The van der Waals surface area contributed by atoms with Gasteiger partial charge in [0.05, 0.1) is 39.9 Å². The Morgan fingerprint density at radius 2 is 1.56 bits per heavy atom. The standard InChI is InChI=1S/C26H36N2O4/c1-19(2)26(18-27,21-9-11-23(30-4)25(17-21)32-6)13-7-14-28-15-12-20-8-10-22(29-3)24(16-20)31-5/h8-11,16-17,19,28H,7,12-15H2,1-6H3/i1D3. The number of benzene rings is 2. The van der Waals surface area contributed by atoms with E-state index < -0.39 is 18.2 Å². The highest BCUT2D eigenvalue weighted by Gasteiger charge is 2.36. The summed E-state index contributed by atoms with van der Waals surface area (Å²) in [6.07, 6.45) is 1.82. The molecule has 0 saturated carbocycles. The molecule has 0 amide bonds. The zero-order chi connectivity index (χ0) is 26.1. The third kappa shape index (κ3) is 5.86. The van der Waals surface area contributed by atoms with Crippen molar-refractivity contribution in [2.24, 2.45) is 5.92 Å². The highest BCUT2D eigenvalue weighted by atomic mass is 16.5. The van der Waals surface area contributed by atoms with E-state index in [9.17, 15) is 5.26 Å². The molecule has 0 aromatic heterocycles. The minimum atomic E-state index is -2.29. The molecule has 0 spiro atoms. The van der Waals surface area contributed by atoms with Crippen molar-refractivity contribution in [2.75, 3.05) is 41.5 Å². The van der Waals surface area contributed by atoms with Crippen LogP contribution in [-0.2, 0) is 11.8 Å². The number of rotatable bonds is 13. The van der Waals surface area contributed by atoms with Crippen LogP contribution in [0, 0.1) is 17.2 Å². The SMILES string of the molecule is [2H]C([2H])([2H])C(C)C(C#N)(CCCNCCc1ccc(OC)c(OC)c1)c1ccc(OC)c(OC)c1. The highest BCUT2D eigenvalue weighted by Crippen LogP contribution is 2.40. The van der Waals surface area contributed by atoms with Crippen molar-refractivity contribution in [1.82, 2.24) is 5.32 Å². The van der Waals surface area contributed by atoms with Crippen LogP contribution in [0.25, 0.3) is 0 Å². The Hall–Kier alpha value is -2.91. The van der Waals surface area contributed by atoms with Gasteiger partial charge in [0.1, 0.15) is 0 Å². The van der Waals surface area contributed by atoms with Crippen molar-refractivity contribution < 1.29 is 23.1 Å². The van der Waals surface area contributed by atoms with Crippen LogP contribution in [0.1, 0.15) is 41.9 Å². The summed E-state index contributed by atoms with van der Waals surface area (Å²) in [6, 6.07) is 13.4. The smallest absolute Gasteiger partial charge is 0.161 e. The quantitative estimate of drug-likeness (QED) is 0.450. The number of ether oxygens (including phenoxy) is 4. The molecule has 0 aliphatic carbocycles. The molecule has 2 aromatic rings. The maximum atomic E-state index is 10.3. The lowest BCUT2D eigenvalue weighted by Gasteiger charge is -2.32. The predicted octanol–water partition coefficient (Wildman–Crippen LogP) is 4.75. The molecule has 0 aliphatic heterocycles. The van der Waals surface area contributed by atoms with Crippen LogP contribution in [-0.4, -0.2) is 41.5 Å². The Morgan fingerprint density at radius 1 is 0.938 bits per heavy atom. The lowest BCUT2D eigenvalue weighted by atomic mass is 9.70. The number of hydrogen-bond acceptors (Lipinski definition) is 6. The van der Waals surface area contributed by atoms with E-state index in [0.29, 0.717) is 47.9 Å². The van der Waals surface area contributed by atoms with Crippen LogP contribution in [0.4, 0.5) is 0 Å². The molecule has 174 valence electrons. The fourth-order valence-electron chi connectivity index (χ4n) is 3.83. The van der Waals surface area contributed by atoms with Gasteiger partial charge in [0.2, 0.25) is 0 Å². The summed E-state index contributed by atoms with van der Waals surface area (Å²) in [7, 11) is 6.27. The summed E-state index contributed by atoms with van der Waals surface area (Å²) in [5.41, 5.74) is 0.532. The molecule has 2 aromatic carbocycles. The molecular weight excluding hydrogens is 404 g/mol. The summed E-state index contributed by atoms with van der Waals surface area (Å²) in [5.74, 6) is 1.51. The summed E-state index contributed by atoms with van der Waals surface area (Å²) in [4.78, 5) is 0. The molecule has 0 fully saturated rings. The molecule has 2 rings (SSSR count). The van der Waals surface area contributed by atoms with E-state index in [1.807, 2.05) is 18.2 Å². The summed E-state index contributed by atoms with van der Waals surface area (Å²) >= 11 is 0. The van der Waals surface area contributed by atoms with E-state index in [-0.39, 0.29) is 0 Å². The maximum Gasteiger partial charge on any atom is 0.161 e. The number of hydrogen-bond donors (Lipinski definition) is 1. The summed E-state index contributed by atoms with van der Waals surface area (Å²) in [5, 5.41) is 13.7. The predicted molar refractivity (Wildman–Crippen MR) is 127 cm³/mol. The van der Waals surface area contributed by atoms with Crippen molar-refractivity contribution in [2.45, 2.75) is 38.5 Å². The Bertz CT molecular complexity index is 1010. The number of methoxy groups -OCH3 is 4. The monoisotopic (exact) mass is 443 g/mol. The van der Waals surface area contributed by atoms with Crippen molar-refractivity contribution in [3.05, 3.63) is 47.5 Å². The fraction of sp³-hybridized carbons (Fsp3) is 0.500. The van der Waals surface area contributed by atoms with E-state index in [1.54, 1.807) is 39.3 Å². The van der Waals surface area contributed by atoms with Crippen LogP contribution in [0.5, 0.6) is 23.0 Å². The molecule has 6 nitrogen and oxygen atoms in total. The normalized spacial score (nSPS) is 15.3. The number of nitrogens with zero attached hydrogens (tertiary/aromatic N) is 1. The third-order valence-corrected chi connectivity index (χ3v) is 5.80. The Labute approximate surface area is 196 Å². The van der Waals surface area contributed by atoms with Gasteiger partial charge in [-0.1, -0.05) is 25.9 Å². The van der Waals surface area contributed by atoms with Crippen LogP contribution in [0.2, 0.25) is 0 Å². The average molecular weight is 444 g/mol. The van der Waals surface area contributed by atoms with Crippen molar-refractivity contribution in [3.63, 3.8) is 0 Å². The lowest BCUT2D eigenvalue weighted by Crippen LogP contribution is -2.32. The minimum Gasteiger partial charge on any atom is -0.493 e. The second kappa shape index (κ2) is 12.2. The van der Waals surface area contributed by atoms with Gasteiger partial charge in [-0.15, -0.1) is 0 Å². The van der Waals surface area contributed by atoms with E-state index in [4.69, 9.17) is 23.1 Å². The highest BCUT2D eigenvalue weighted by molar-refractivity contribution is 5.47. The number of nitriles is 1. The first-order valence-corrected chi connectivity index (χ1v) is 10.7. The molecule has 0 heterocycles. The third-order valence-electron chi connectivity index (χ3n) is 5.80. The average Bonchev–Trinajstić information content (AvgIpc) is 2.87. The Morgan fingerprint density at radius 3 is 2.16 bits per heavy atom. The van der Waals surface area contributed by atoms with Gasteiger partial charge in [-0.3, -0.25) is 0 Å². The molecule has 0 bridgehead atoms. The Kier molecular flexibility index (Phi) is 8.00. The molecule has 1 N–H and O–H groups in total. The van der Waals surface area contributed by atoms with Crippen LogP contribution < -0.4 is 24.3 Å². The molecule has 2 atom stereocenters. The van der Waals surface area contributed by atoms with Crippen molar-refractivity contribution in [3.8, 4) is 29.1 Å². The lowest BCUT2D eigenvalue weighted by molar-refractivity contribution is 0.341. The van der Waals surface area contributed by atoms with Gasteiger partial charge >= 0.3 is 0 Å². The summed E-state index contributed by atoms with van der Waals surface area (Å²) < 4.78 is 45.4. The zero-order valence-corrected chi connectivity index (χ0v) is 19.7. The van der Waals surface area contributed by atoms with Gasteiger partial charge in [-0.05, 0) is 73.7 Å². The van der Waals surface area contributed by atoms with Gasteiger partial charge in [-0.2, -0.15) is 5.26 Å². The van der Waals surface area contributed by atoms with E-state index in [1.165, 1.54) is 14.2 Å². The van der Waals surface area contributed by atoms with Crippen LogP contribution in [0.15, 0.2) is 36.4 Å². The second-order valence-corrected chi connectivity index (χ2v) is 7.67. The summed E-state index contributed by atoms with van der Waals surface area (Å²) in [6.45, 7) is 0.721. The molecule has 0 radical (unpaired) electrons. The van der Waals surface area contributed by atoms with Gasteiger partial charge in [0.25, 0.3) is 0 Å². The fourth-order valence-corrected chi connectivity index (χ4v) is 3.83. The first kappa shape index (κ1) is 21.0. The molecule has 0 saturated heterocycles. The van der Waals surface area contributed by atoms with Crippen molar-refractivity contribution >= 4 is 0 Å². The van der Waals surface area contributed by atoms with E-state index >= 15 is 0 Å². The second-order valence-electron chi connectivity index (χ2n) is 7.67. The largest absolute Gasteiger partial charge is 0.493 e. The molecular formula is C26H36N2O4. The van der Waals surface area contributed by atoms with E-state index in [0.717, 1.165) is 18.5 Å². The van der Waals surface area contributed by atoms with Crippen molar-refractivity contribution in [1.29, 1.82) is 5.26 Å². The molecule has 0 aliphatic rings. The molecule has 6 heteroatoms.